The molecule has 2 aromatic heterocycles. The quantitative estimate of drug-likeness (QED) is 0.727. The first kappa shape index (κ1) is 14.7. The molecule has 0 spiro atoms. The van der Waals surface area contributed by atoms with Gasteiger partial charge in [0.1, 0.15) is 17.4 Å². The Balaban J connectivity index is 1.61. The van der Waals surface area contributed by atoms with Gasteiger partial charge in [0.25, 0.3) is 5.91 Å². The Hall–Kier alpha value is -2.89. The molecule has 0 N–H and O–H groups in total. The van der Waals surface area contributed by atoms with E-state index in [0.717, 1.165) is 17.1 Å². The Kier molecular flexibility index (Phi) is 3.45. The van der Waals surface area contributed by atoms with Gasteiger partial charge in [0, 0.05) is 18.7 Å². The number of aryl methyl sites for hydroxylation is 1. The standard InChI is InChI=1S/C18H16FN3O2/c1-12-15(5-8-24-12)18(23)21-6-7-22-16(10-20-17(22)11-21)13-3-2-4-14(19)9-13/h2-5,8-10H,6-7,11H2,1H3. The van der Waals surface area contributed by atoms with E-state index >= 15 is 0 Å². The number of benzene rings is 1. The van der Waals surface area contributed by atoms with Crippen LogP contribution >= 0.6 is 0 Å². The van der Waals surface area contributed by atoms with Crippen LogP contribution in [0.2, 0.25) is 0 Å². The number of hydrogen-bond donors (Lipinski definition) is 0. The van der Waals surface area contributed by atoms with Gasteiger partial charge >= 0.3 is 0 Å². The van der Waals surface area contributed by atoms with Gasteiger partial charge in [0.15, 0.2) is 0 Å². The topological polar surface area (TPSA) is 51.3 Å². The molecule has 3 aromatic rings. The SMILES string of the molecule is Cc1occc1C(=O)N1CCn2c(-c3cccc(F)c3)cnc2C1. The summed E-state index contributed by atoms with van der Waals surface area (Å²) in [4.78, 5) is 18.8. The van der Waals surface area contributed by atoms with E-state index in [1.165, 1.54) is 18.4 Å². The lowest BCUT2D eigenvalue weighted by atomic mass is 10.1. The molecule has 1 amide bonds. The molecule has 0 fully saturated rings. The Morgan fingerprint density at radius 2 is 2.17 bits per heavy atom. The number of carbonyl (C=O) groups is 1. The number of nitrogens with zero attached hydrogens (tertiary/aromatic N) is 3. The molecule has 0 aliphatic carbocycles. The van der Waals surface area contributed by atoms with Gasteiger partial charge in [0.05, 0.1) is 30.3 Å². The number of amides is 1. The van der Waals surface area contributed by atoms with Crippen molar-refractivity contribution in [1.82, 2.24) is 14.5 Å². The molecular formula is C18H16FN3O2. The van der Waals surface area contributed by atoms with Crippen molar-refractivity contribution in [1.29, 1.82) is 0 Å². The molecule has 0 saturated carbocycles. The first-order valence-corrected chi connectivity index (χ1v) is 7.77. The van der Waals surface area contributed by atoms with Gasteiger partial charge in [-0.3, -0.25) is 4.79 Å². The lowest BCUT2D eigenvalue weighted by molar-refractivity contribution is 0.0706. The fourth-order valence-electron chi connectivity index (χ4n) is 3.09. The molecule has 4 rings (SSSR count). The van der Waals surface area contributed by atoms with Gasteiger partial charge in [-0.1, -0.05) is 12.1 Å². The zero-order valence-electron chi connectivity index (χ0n) is 13.2. The van der Waals surface area contributed by atoms with Crippen LogP contribution < -0.4 is 0 Å². The average molecular weight is 325 g/mol. The molecule has 1 aliphatic rings. The normalized spacial score (nSPS) is 13.8. The largest absolute Gasteiger partial charge is 0.469 e. The van der Waals surface area contributed by atoms with Crippen molar-refractivity contribution in [3.63, 3.8) is 0 Å². The third-order valence-corrected chi connectivity index (χ3v) is 4.36. The fraction of sp³-hybridized carbons (Fsp3) is 0.222. The number of furan rings is 1. The van der Waals surface area contributed by atoms with Gasteiger partial charge in [-0.05, 0) is 25.1 Å². The second kappa shape index (κ2) is 5.63. The second-order valence-electron chi connectivity index (χ2n) is 5.84. The number of imidazole rings is 1. The minimum absolute atomic E-state index is 0.0530. The lowest BCUT2D eigenvalue weighted by Crippen LogP contribution is -2.38. The Labute approximate surface area is 138 Å². The molecule has 0 atom stereocenters. The summed E-state index contributed by atoms with van der Waals surface area (Å²) in [5, 5.41) is 0. The third-order valence-electron chi connectivity index (χ3n) is 4.36. The highest BCUT2D eigenvalue weighted by Crippen LogP contribution is 2.25. The minimum atomic E-state index is -0.272. The van der Waals surface area contributed by atoms with Crippen molar-refractivity contribution < 1.29 is 13.6 Å². The molecule has 0 bridgehead atoms. The molecule has 1 aliphatic heterocycles. The highest BCUT2D eigenvalue weighted by atomic mass is 19.1. The van der Waals surface area contributed by atoms with Gasteiger partial charge in [-0.25, -0.2) is 9.37 Å². The van der Waals surface area contributed by atoms with E-state index in [2.05, 4.69) is 4.98 Å². The molecule has 6 heteroatoms. The van der Waals surface area contributed by atoms with Gasteiger partial charge in [-0.15, -0.1) is 0 Å². The van der Waals surface area contributed by atoms with Crippen LogP contribution in [0.15, 0.2) is 47.2 Å². The van der Waals surface area contributed by atoms with Crippen LogP contribution in [0.5, 0.6) is 0 Å². The molecule has 24 heavy (non-hydrogen) atoms. The van der Waals surface area contributed by atoms with Crippen LogP contribution in [0.25, 0.3) is 11.3 Å². The van der Waals surface area contributed by atoms with Crippen molar-refractivity contribution in [2.24, 2.45) is 0 Å². The summed E-state index contributed by atoms with van der Waals surface area (Å²) in [5.41, 5.74) is 2.25. The Morgan fingerprint density at radius 1 is 1.29 bits per heavy atom. The molecule has 5 nitrogen and oxygen atoms in total. The summed E-state index contributed by atoms with van der Waals surface area (Å²) in [5.74, 6) is 1.10. The van der Waals surface area contributed by atoms with E-state index in [-0.39, 0.29) is 11.7 Å². The second-order valence-corrected chi connectivity index (χ2v) is 5.84. The highest BCUT2D eigenvalue weighted by Gasteiger charge is 2.26. The number of aromatic nitrogens is 2. The molecule has 0 unspecified atom stereocenters. The van der Waals surface area contributed by atoms with E-state index in [4.69, 9.17) is 4.42 Å². The van der Waals surface area contributed by atoms with E-state index < -0.39 is 0 Å². The molecule has 0 radical (unpaired) electrons. The predicted molar refractivity (Wildman–Crippen MR) is 85.8 cm³/mol. The van der Waals surface area contributed by atoms with Crippen LogP contribution in [0.3, 0.4) is 0 Å². The minimum Gasteiger partial charge on any atom is -0.469 e. The molecule has 122 valence electrons. The summed E-state index contributed by atoms with van der Waals surface area (Å²) >= 11 is 0. The predicted octanol–water partition coefficient (Wildman–Crippen LogP) is 3.25. The number of fused-ring (bicyclic) bond motifs is 1. The Morgan fingerprint density at radius 3 is 2.92 bits per heavy atom. The number of halogens is 1. The molecule has 3 heterocycles. The van der Waals surface area contributed by atoms with Crippen molar-refractivity contribution in [3.05, 3.63) is 65.8 Å². The summed E-state index contributed by atoms with van der Waals surface area (Å²) < 4.78 is 20.7. The lowest BCUT2D eigenvalue weighted by Gasteiger charge is -2.28. The maximum Gasteiger partial charge on any atom is 0.257 e. The number of rotatable bonds is 2. The monoisotopic (exact) mass is 325 g/mol. The maximum absolute atomic E-state index is 13.5. The summed E-state index contributed by atoms with van der Waals surface area (Å²) in [6, 6.07) is 8.16. The third kappa shape index (κ3) is 2.40. The zero-order valence-corrected chi connectivity index (χ0v) is 13.2. The summed E-state index contributed by atoms with van der Waals surface area (Å²) in [6.45, 7) is 3.41. The van der Waals surface area contributed by atoms with E-state index in [1.54, 1.807) is 30.2 Å². The maximum atomic E-state index is 13.5. The van der Waals surface area contributed by atoms with Gasteiger partial charge in [-0.2, -0.15) is 0 Å². The smallest absolute Gasteiger partial charge is 0.257 e. The van der Waals surface area contributed by atoms with E-state index in [9.17, 15) is 9.18 Å². The average Bonchev–Trinajstić information content (AvgIpc) is 3.19. The number of hydrogen-bond acceptors (Lipinski definition) is 3. The molecule has 0 saturated heterocycles. The van der Waals surface area contributed by atoms with E-state index in [1.807, 2.05) is 10.6 Å². The summed E-state index contributed by atoms with van der Waals surface area (Å²) in [6.07, 6.45) is 3.26. The number of carbonyl (C=O) groups excluding carboxylic acids is 1. The van der Waals surface area contributed by atoms with Crippen LogP contribution in [-0.4, -0.2) is 26.9 Å². The zero-order chi connectivity index (χ0) is 16.7. The van der Waals surface area contributed by atoms with Gasteiger partial charge < -0.3 is 13.9 Å². The van der Waals surface area contributed by atoms with Crippen LogP contribution in [0, 0.1) is 12.7 Å². The van der Waals surface area contributed by atoms with Crippen LogP contribution in [0.1, 0.15) is 21.9 Å². The van der Waals surface area contributed by atoms with Gasteiger partial charge in [0.2, 0.25) is 0 Å². The first-order valence-electron chi connectivity index (χ1n) is 7.77. The van der Waals surface area contributed by atoms with Crippen LogP contribution in [-0.2, 0) is 13.1 Å². The summed E-state index contributed by atoms with van der Waals surface area (Å²) in [7, 11) is 0. The van der Waals surface area contributed by atoms with Crippen molar-refractivity contribution >= 4 is 5.91 Å². The molecular weight excluding hydrogens is 309 g/mol. The van der Waals surface area contributed by atoms with Crippen LogP contribution in [0.4, 0.5) is 4.39 Å². The van der Waals surface area contributed by atoms with E-state index in [0.29, 0.717) is 31.0 Å². The Bertz CT molecular complexity index is 913. The van der Waals surface area contributed by atoms with Crippen molar-refractivity contribution in [2.45, 2.75) is 20.0 Å². The molecule has 1 aromatic carbocycles. The first-order chi connectivity index (χ1) is 11.6. The van der Waals surface area contributed by atoms with Crippen molar-refractivity contribution in [3.8, 4) is 11.3 Å². The van der Waals surface area contributed by atoms with Crippen molar-refractivity contribution in [2.75, 3.05) is 6.54 Å². The highest BCUT2D eigenvalue weighted by molar-refractivity contribution is 5.95. The fourth-order valence-corrected chi connectivity index (χ4v) is 3.09.